The zero-order valence-electron chi connectivity index (χ0n) is 23.4. The predicted octanol–water partition coefficient (Wildman–Crippen LogP) is 8.14. The van der Waals surface area contributed by atoms with Crippen LogP contribution >= 0.6 is 11.6 Å². The van der Waals surface area contributed by atoms with Gasteiger partial charge < -0.3 is 10.6 Å². The molecule has 0 radical (unpaired) electrons. The van der Waals surface area contributed by atoms with E-state index >= 15 is 0 Å². The lowest BCUT2D eigenvalue weighted by molar-refractivity contribution is 0.514. The van der Waals surface area contributed by atoms with Crippen LogP contribution in [0.3, 0.4) is 0 Å². The van der Waals surface area contributed by atoms with Crippen LogP contribution < -0.4 is 10.6 Å². The second-order valence-corrected chi connectivity index (χ2v) is 10.8. The smallest absolute Gasteiger partial charge is 0.123 e. The lowest BCUT2D eigenvalue weighted by Crippen LogP contribution is -2.14. The number of nitrogens with one attached hydrogen (secondary N) is 2. The van der Waals surface area contributed by atoms with E-state index in [1.54, 1.807) is 29.1 Å². The molecule has 2 heterocycles. The normalized spacial score (nSPS) is 12.7. The van der Waals surface area contributed by atoms with Crippen LogP contribution in [-0.4, -0.2) is 20.0 Å². The number of aryl methyl sites for hydroxylation is 1. The highest BCUT2D eigenvalue weighted by Crippen LogP contribution is 2.37. The first-order chi connectivity index (χ1) is 19.8. The number of hydrogen-bond donors (Lipinski definition) is 2. The van der Waals surface area contributed by atoms with Gasteiger partial charge in [-0.1, -0.05) is 65.7 Å². The van der Waals surface area contributed by atoms with Crippen molar-refractivity contribution >= 4 is 33.9 Å². The minimum atomic E-state index is -0.434. The Morgan fingerprint density at radius 1 is 1.02 bits per heavy atom. The molecule has 0 aliphatic heterocycles. The largest absolute Gasteiger partial charge is 0.377 e. The second-order valence-electron chi connectivity index (χ2n) is 10.4. The van der Waals surface area contributed by atoms with E-state index < -0.39 is 6.04 Å². The maximum Gasteiger partial charge on any atom is 0.123 e. The zero-order valence-corrected chi connectivity index (χ0v) is 24.1. The van der Waals surface area contributed by atoms with E-state index in [1.807, 2.05) is 26.1 Å². The fourth-order valence-corrected chi connectivity index (χ4v) is 5.07. The number of pyridine rings is 1. The number of fused-ring (bicyclic) bond motifs is 1. The van der Waals surface area contributed by atoms with Gasteiger partial charge in [0.1, 0.15) is 17.6 Å². The highest BCUT2D eigenvalue weighted by atomic mass is 35.5. The molecule has 0 saturated heterocycles. The van der Waals surface area contributed by atoms with Crippen molar-refractivity contribution in [3.8, 4) is 6.07 Å². The lowest BCUT2D eigenvalue weighted by Gasteiger charge is -2.23. The highest BCUT2D eigenvalue weighted by molar-refractivity contribution is 6.35. The molecule has 7 nitrogen and oxygen atoms in total. The number of nitriles is 1. The maximum atomic E-state index is 13.8. The quantitative estimate of drug-likeness (QED) is 0.187. The van der Waals surface area contributed by atoms with Crippen LogP contribution in [0.2, 0.25) is 5.02 Å². The van der Waals surface area contributed by atoms with E-state index in [9.17, 15) is 9.65 Å². The van der Waals surface area contributed by atoms with Gasteiger partial charge in [-0.2, -0.15) is 5.26 Å². The molecule has 5 rings (SSSR count). The molecule has 0 aliphatic rings. The predicted molar refractivity (Wildman–Crippen MR) is 162 cm³/mol. The van der Waals surface area contributed by atoms with E-state index in [1.165, 1.54) is 17.7 Å². The first-order valence-electron chi connectivity index (χ1n) is 13.6. The fourth-order valence-electron chi connectivity index (χ4n) is 4.80. The van der Waals surface area contributed by atoms with E-state index in [0.29, 0.717) is 38.6 Å². The molecule has 0 unspecified atom stereocenters. The molecule has 208 valence electrons. The second kappa shape index (κ2) is 11.9. The van der Waals surface area contributed by atoms with Crippen molar-refractivity contribution in [2.24, 2.45) is 0 Å². The summed E-state index contributed by atoms with van der Waals surface area (Å²) in [5.41, 5.74) is 6.16. The van der Waals surface area contributed by atoms with Gasteiger partial charge in [0.05, 0.1) is 40.1 Å². The van der Waals surface area contributed by atoms with E-state index in [4.69, 9.17) is 11.6 Å². The third kappa shape index (κ3) is 6.01. The molecule has 0 saturated carbocycles. The summed E-state index contributed by atoms with van der Waals surface area (Å²) in [5.74, 6) is -0.322. The topological polar surface area (TPSA) is 91.5 Å². The summed E-state index contributed by atoms with van der Waals surface area (Å²) in [4.78, 5) is 4.51. The summed E-state index contributed by atoms with van der Waals surface area (Å²) < 4.78 is 15.6. The number of benzene rings is 3. The standard InChI is InChI=1S/C32H31ClFN7/c1-5-28(21-8-6-20(4)7-9-21)38-30-23(16-35)17-36-32-26(30)14-25(15-27(32)33)37-31(22-10-12-24(34)13-11-22)29-18-41(19(2)3)40-39-29/h6-15,17-19,28,31,37H,5H2,1-4H3,(H,36,38)/t28-,31+/m1/s1. The molecule has 5 aromatic rings. The zero-order chi connectivity index (χ0) is 29.1. The van der Waals surface area contributed by atoms with Crippen LogP contribution in [0.25, 0.3) is 10.9 Å². The third-order valence-corrected chi connectivity index (χ3v) is 7.41. The van der Waals surface area contributed by atoms with Gasteiger partial charge in [0, 0.05) is 23.3 Å². The summed E-state index contributed by atoms with van der Waals surface area (Å²) in [6, 6.07) is 20.3. The minimum Gasteiger partial charge on any atom is -0.377 e. The van der Waals surface area contributed by atoms with Crippen molar-refractivity contribution in [2.75, 3.05) is 10.6 Å². The summed E-state index contributed by atoms with van der Waals surface area (Å²) in [5, 5.41) is 27.0. The Bertz CT molecular complexity index is 1710. The number of aromatic nitrogens is 4. The van der Waals surface area contributed by atoms with Crippen molar-refractivity contribution in [3.05, 3.63) is 112 Å². The molecule has 2 atom stereocenters. The maximum absolute atomic E-state index is 13.8. The van der Waals surface area contributed by atoms with Crippen molar-refractivity contribution in [2.45, 2.75) is 52.2 Å². The SMILES string of the molecule is CC[C@@H](Nc1c(C#N)cnc2c(Cl)cc(N[C@@H](c3ccc(F)cc3)c3cn(C(C)C)nn3)cc12)c1ccc(C)cc1. The molecule has 0 aliphatic carbocycles. The number of nitrogens with zero attached hydrogens (tertiary/aromatic N) is 5. The number of hydrogen-bond acceptors (Lipinski definition) is 6. The van der Waals surface area contributed by atoms with Crippen LogP contribution in [-0.2, 0) is 0 Å². The monoisotopic (exact) mass is 567 g/mol. The van der Waals surface area contributed by atoms with E-state index in [0.717, 1.165) is 17.5 Å². The summed E-state index contributed by atoms with van der Waals surface area (Å²) >= 11 is 6.78. The molecule has 9 heteroatoms. The Hall–Kier alpha value is -4.48. The molecule has 0 fully saturated rings. The van der Waals surface area contributed by atoms with Gasteiger partial charge in [-0.05, 0) is 62.6 Å². The average Bonchev–Trinajstić information content (AvgIpc) is 3.46. The van der Waals surface area contributed by atoms with Crippen LogP contribution in [0.4, 0.5) is 15.8 Å². The molecule has 0 spiro atoms. The third-order valence-electron chi connectivity index (χ3n) is 7.12. The Labute approximate surface area is 244 Å². The van der Waals surface area contributed by atoms with E-state index in [-0.39, 0.29) is 17.9 Å². The van der Waals surface area contributed by atoms with Gasteiger partial charge in [-0.15, -0.1) is 5.10 Å². The van der Waals surface area contributed by atoms with Gasteiger partial charge in [0.15, 0.2) is 0 Å². The van der Waals surface area contributed by atoms with Crippen LogP contribution in [0.1, 0.15) is 73.3 Å². The molecule has 0 bridgehead atoms. The number of halogens is 2. The Balaban J connectivity index is 1.59. The highest BCUT2D eigenvalue weighted by Gasteiger charge is 2.21. The summed E-state index contributed by atoms with van der Waals surface area (Å²) in [6.07, 6.45) is 4.24. The number of anilines is 2. The first kappa shape index (κ1) is 28.1. The average molecular weight is 568 g/mol. The van der Waals surface area contributed by atoms with Crippen molar-refractivity contribution in [1.29, 1.82) is 5.26 Å². The Morgan fingerprint density at radius 2 is 1.73 bits per heavy atom. The van der Waals surface area contributed by atoms with Crippen LogP contribution in [0.5, 0.6) is 0 Å². The molecule has 2 N–H and O–H groups in total. The minimum absolute atomic E-state index is 0.0262. The summed E-state index contributed by atoms with van der Waals surface area (Å²) in [6.45, 7) is 8.21. The Morgan fingerprint density at radius 3 is 2.37 bits per heavy atom. The van der Waals surface area contributed by atoms with Crippen molar-refractivity contribution < 1.29 is 4.39 Å². The van der Waals surface area contributed by atoms with Crippen molar-refractivity contribution in [1.82, 2.24) is 20.0 Å². The number of rotatable bonds is 9. The molecule has 41 heavy (non-hydrogen) atoms. The van der Waals surface area contributed by atoms with Crippen molar-refractivity contribution in [3.63, 3.8) is 0 Å². The van der Waals surface area contributed by atoms with Gasteiger partial charge in [-0.3, -0.25) is 4.98 Å². The summed E-state index contributed by atoms with van der Waals surface area (Å²) in [7, 11) is 0. The van der Waals surface area contributed by atoms with Crippen LogP contribution in [0, 0.1) is 24.1 Å². The van der Waals surface area contributed by atoms with Gasteiger partial charge in [-0.25, -0.2) is 9.07 Å². The van der Waals surface area contributed by atoms with Gasteiger partial charge in [0.25, 0.3) is 0 Å². The first-order valence-corrected chi connectivity index (χ1v) is 13.9. The molecule has 2 aromatic heterocycles. The lowest BCUT2D eigenvalue weighted by atomic mass is 10.0. The molecular formula is C32H31ClFN7. The van der Waals surface area contributed by atoms with E-state index in [2.05, 4.69) is 70.1 Å². The van der Waals surface area contributed by atoms with Gasteiger partial charge in [0.2, 0.25) is 0 Å². The molecule has 3 aromatic carbocycles. The molecular weight excluding hydrogens is 537 g/mol. The molecule has 0 amide bonds. The Kier molecular flexibility index (Phi) is 8.18. The van der Waals surface area contributed by atoms with Gasteiger partial charge >= 0.3 is 0 Å². The van der Waals surface area contributed by atoms with Crippen LogP contribution in [0.15, 0.2) is 73.1 Å². The fraction of sp³-hybridized carbons (Fsp3) is 0.250.